The molecule has 0 aliphatic heterocycles. The van der Waals surface area contributed by atoms with Crippen LogP contribution in [0.25, 0.3) is 0 Å². The van der Waals surface area contributed by atoms with Crippen LogP contribution in [0.1, 0.15) is 6.92 Å². The monoisotopic (exact) mass is 222 g/mol. The van der Waals surface area contributed by atoms with Crippen LogP contribution in [-0.2, 0) is 11.3 Å². The van der Waals surface area contributed by atoms with Crippen LogP contribution in [0.3, 0.4) is 0 Å². The van der Waals surface area contributed by atoms with Gasteiger partial charge < -0.3 is 15.2 Å². The SMILES string of the molecule is C=CCNC(=O)C(C)NCCn1ccnc1. The van der Waals surface area contributed by atoms with Gasteiger partial charge in [0.1, 0.15) is 0 Å². The van der Waals surface area contributed by atoms with E-state index in [-0.39, 0.29) is 11.9 Å². The van der Waals surface area contributed by atoms with E-state index in [2.05, 4.69) is 22.2 Å². The highest BCUT2D eigenvalue weighted by atomic mass is 16.2. The van der Waals surface area contributed by atoms with Gasteiger partial charge in [0.25, 0.3) is 0 Å². The lowest BCUT2D eigenvalue weighted by Gasteiger charge is -2.13. The molecule has 0 spiro atoms. The van der Waals surface area contributed by atoms with Crippen molar-refractivity contribution in [3.63, 3.8) is 0 Å². The Balaban J connectivity index is 2.16. The van der Waals surface area contributed by atoms with E-state index in [1.807, 2.05) is 17.7 Å². The van der Waals surface area contributed by atoms with E-state index in [1.54, 1.807) is 18.6 Å². The number of rotatable bonds is 7. The van der Waals surface area contributed by atoms with Crippen LogP contribution in [-0.4, -0.2) is 34.6 Å². The zero-order valence-corrected chi connectivity index (χ0v) is 9.52. The van der Waals surface area contributed by atoms with Crippen LogP contribution in [0.4, 0.5) is 0 Å². The van der Waals surface area contributed by atoms with E-state index in [0.717, 1.165) is 13.1 Å². The molecule has 0 aliphatic carbocycles. The van der Waals surface area contributed by atoms with Crippen molar-refractivity contribution in [3.05, 3.63) is 31.4 Å². The standard InChI is InChI=1S/C11H18N4O/c1-3-4-14-11(16)10(2)13-6-8-15-7-5-12-9-15/h3,5,7,9-10,13H,1,4,6,8H2,2H3,(H,14,16). The van der Waals surface area contributed by atoms with Crippen molar-refractivity contribution in [3.8, 4) is 0 Å². The summed E-state index contributed by atoms with van der Waals surface area (Å²) in [4.78, 5) is 15.4. The highest BCUT2D eigenvalue weighted by Gasteiger charge is 2.09. The molecule has 0 saturated carbocycles. The molecule has 16 heavy (non-hydrogen) atoms. The van der Waals surface area contributed by atoms with Gasteiger partial charge in [-0.2, -0.15) is 0 Å². The highest BCUT2D eigenvalue weighted by molar-refractivity contribution is 5.81. The van der Waals surface area contributed by atoms with Gasteiger partial charge in [-0.25, -0.2) is 4.98 Å². The summed E-state index contributed by atoms with van der Waals surface area (Å²) in [6.45, 7) is 7.43. The van der Waals surface area contributed by atoms with Gasteiger partial charge in [-0.15, -0.1) is 6.58 Å². The molecule has 1 atom stereocenters. The Morgan fingerprint density at radius 1 is 1.69 bits per heavy atom. The number of aromatic nitrogens is 2. The third kappa shape index (κ3) is 4.27. The van der Waals surface area contributed by atoms with Gasteiger partial charge in [0.15, 0.2) is 0 Å². The Morgan fingerprint density at radius 3 is 3.12 bits per heavy atom. The minimum Gasteiger partial charge on any atom is -0.351 e. The minimum absolute atomic E-state index is 0.00877. The molecule has 5 nitrogen and oxygen atoms in total. The molecule has 2 N–H and O–H groups in total. The summed E-state index contributed by atoms with van der Waals surface area (Å²) in [6, 6.07) is -0.191. The summed E-state index contributed by atoms with van der Waals surface area (Å²) in [7, 11) is 0. The van der Waals surface area contributed by atoms with Crippen LogP contribution in [0.15, 0.2) is 31.4 Å². The average molecular weight is 222 g/mol. The normalized spacial score (nSPS) is 12.1. The number of nitrogens with zero attached hydrogens (tertiary/aromatic N) is 2. The third-order valence-corrected chi connectivity index (χ3v) is 2.19. The van der Waals surface area contributed by atoms with Crippen molar-refractivity contribution in [1.82, 2.24) is 20.2 Å². The quantitative estimate of drug-likeness (QED) is 0.646. The first kappa shape index (κ1) is 12.4. The molecule has 0 fully saturated rings. The van der Waals surface area contributed by atoms with E-state index in [0.29, 0.717) is 6.54 Å². The van der Waals surface area contributed by atoms with E-state index in [1.165, 1.54) is 0 Å². The molecule has 1 rings (SSSR count). The number of imidazole rings is 1. The van der Waals surface area contributed by atoms with Gasteiger partial charge in [-0.1, -0.05) is 6.08 Å². The van der Waals surface area contributed by atoms with Crippen molar-refractivity contribution in [2.45, 2.75) is 19.5 Å². The first-order valence-corrected chi connectivity index (χ1v) is 5.31. The van der Waals surface area contributed by atoms with Crippen molar-refractivity contribution >= 4 is 5.91 Å². The predicted molar refractivity (Wildman–Crippen MR) is 62.9 cm³/mol. The Morgan fingerprint density at radius 2 is 2.50 bits per heavy atom. The number of hydrogen-bond donors (Lipinski definition) is 2. The van der Waals surface area contributed by atoms with E-state index in [9.17, 15) is 4.79 Å². The van der Waals surface area contributed by atoms with Gasteiger partial charge >= 0.3 is 0 Å². The van der Waals surface area contributed by atoms with Gasteiger partial charge in [0.2, 0.25) is 5.91 Å². The predicted octanol–water partition coefficient (Wildman–Crippen LogP) is 0.163. The summed E-state index contributed by atoms with van der Waals surface area (Å²) in [5, 5.41) is 5.87. The molecule has 1 heterocycles. The van der Waals surface area contributed by atoms with Gasteiger partial charge in [-0.3, -0.25) is 4.79 Å². The van der Waals surface area contributed by atoms with Crippen molar-refractivity contribution in [2.75, 3.05) is 13.1 Å². The average Bonchev–Trinajstić information content (AvgIpc) is 2.78. The van der Waals surface area contributed by atoms with E-state index >= 15 is 0 Å². The van der Waals surface area contributed by atoms with Crippen LogP contribution < -0.4 is 10.6 Å². The third-order valence-electron chi connectivity index (χ3n) is 2.19. The first-order valence-electron chi connectivity index (χ1n) is 5.31. The molecule has 0 bridgehead atoms. The molecule has 1 amide bonds. The summed E-state index contributed by atoms with van der Waals surface area (Å²) >= 11 is 0. The summed E-state index contributed by atoms with van der Waals surface area (Å²) in [5.41, 5.74) is 0. The van der Waals surface area contributed by atoms with Gasteiger partial charge in [-0.05, 0) is 6.92 Å². The lowest BCUT2D eigenvalue weighted by Crippen LogP contribution is -2.43. The molecular weight excluding hydrogens is 204 g/mol. The molecule has 0 saturated heterocycles. The number of amides is 1. The van der Waals surface area contributed by atoms with Crippen molar-refractivity contribution in [1.29, 1.82) is 0 Å². The molecule has 5 heteroatoms. The van der Waals surface area contributed by atoms with Crippen molar-refractivity contribution in [2.24, 2.45) is 0 Å². The molecule has 88 valence electrons. The van der Waals surface area contributed by atoms with Crippen LogP contribution >= 0.6 is 0 Å². The molecule has 1 unspecified atom stereocenters. The van der Waals surface area contributed by atoms with Crippen LogP contribution in [0, 0.1) is 0 Å². The van der Waals surface area contributed by atoms with Crippen LogP contribution in [0.5, 0.6) is 0 Å². The van der Waals surface area contributed by atoms with E-state index in [4.69, 9.17) is 0 Å². The Hall–Kier alpha value is -1.62. The maximum atomic E-state index is 11.5. The second-order valence-electron chi connectivity index (χ2n) is 3.51. The fourth-order valence-electron chi connectivity index (χ4n) is 1.25. The second kappa shape index (κ2) is 6.79. The minimum atomic E-state index is -0.191. The Labute approximate surface area is 95.6 Å². The highest BCUT2D eigenvalue weighted by Crippen LogP contribution is 1.86. The van der Waals surface area contributed by atoms with Crippen molar-refractivity contribution < 1.29 is 4.79 Å². The lowest BCUT2D eigenvalue weighted by atomic mass is 10.3. The molecular formula is C11H18N4O. The molecule has 1 aromatic heterocycles. The maximum absolute atomic E-state index is 11.5. The van der Waals surface area contributed by atoms with Gasteiger partial charge in [0.05, 0.1) is 12.4 Å². The van der Waals surface area contributed by atoms with Crippen LogP contribution in [0.2, 0.25) is 0 Å². The summed E-state index contributed by atoms with van der Waals surface area (Å²) in [5.74, 6) is -0.00877. The fourth-order valence-corrected chi connectivity index (χ4v) is 1.25. The molecule has 0 aliphatic rings. The number of hydrogen-bond acceptors (Lipinski definition) is 3. The summed E-state index contributed by atoms with van der Waals surface area (Å²) < 4.78 is 1.96. The van der Waals surface area contributed by atoms with Gasteiger partial charge in [0, 0.05) is 32.0 Å². The molecule has 0 aromatic carbocycles. The largest absolute Gasteiger partial charge is 0.351 e. The first-order chi connectivity index (χ1) is 7.74. The van der Waals surface area contributed by atoms with E-state index < -0.39 is 0 Å². The Bertz CT molecular complexity index is 321. The fraction of sp³-hybridized carbons (Fsp3) is 0.455. The topological polar surface area (TPSA) is 59.0 Å². The zero-order chi connectivity index (χ0) is 11.8. The zero-order valence-electron chi connectivity index (χ0n) is 9.52. The second-order valence-corrected chi connectivity index (χ2v) is 3.51. The number of nitrogens with one attached hydrogen (secondary N) is 2. The lowest BCUT2D eigenvalue weighted by molar-refractivity contribution is -0.122. The maximum Gasteiger partial charge on any atom is 0.237 e. The smallest absolute Gasteiger partial charge is 0.237 e. The molecule has 0 radical (unpaired) electrons. The summed E-state index contributed by atoms with van der Waals surface area (Å²) in [6.07, 6.45) is 7.05. The number of carbonyl (C=O) groups is 1. The molecule has 1 aromatic rings. The number of carbonyl (C=O) groups excluding carboxylic acids is 1. The Kier molecular flexibility index (Phi) is 5.28.